The summed E-state index contributed by atoms with van der Waals surface area (Å²) < 4.78 is 0. The van der Waals surface area contributed by atoms with E-state index in [9.17, 15) is 0 Å². The fraction of sp³-hybridized carbons (Fsp3) is 0.143. The molecule has 3 heteroatoms. The first-order valence-corrected chi connectivity index (χ1v) is 5.27. The monoisotopic (exact) mass is 246 g/mol. The van der Waals surface area contributed by atoms with E-state index in [1.54, 1.807) is 12.4 Å². The van der Waals surface area contributed by atoms with Crippen molar-refractivity contribution in [1.29, 1.82) is 0 Å². The first kappa shape index (κ1) is 13.4. The Balaban J connectivity index is 0.00000144. The highest BCUT2D eigenvalue weighted by molar-refractivity contribution is 5.85. The molecule has 0 bridgehead atoms. The fourth-order valence-corrected chi connectivity index (χ4v) is 1.47. The Hall–Kier alpha value is -1.67. The van der Waals surface area contributed by atoms with Crippen LogP contribution in [0.25, 0.3) is 0 Å². The largest absolute Gasteiger partial charge is 0.265 e. The van der Waals surface area contributed by atoms with Crippen LogP contribution in [-0.4, -0.2) is 11.2 Å². The van der Waals surface area contributed by atoms with Crippen LogP contribution in [0.1, 0.15) is 16.7 Å². The smallest absolute Gasteiger partial charge is 0.0661 e. The van der Waals surface area contributed by atoms with Crippen molar-refractivity contribution in [2.45, 2.75) is 13.8 Å². The van der Waals surface area contributed by atoms with E-state index in [1.165, 1.54) is 11.1 Å². The van der Waals surface area contributed by atoms with Crippen LogP contribution >= 0.6 is 12.4 Å². The summed E-state index contributed by atoms with van der Waals surface area (Å²) in [7, 11) is 0. The molecule has 0 unspecified atom stereocenters. The van der Waals surface area contributed by atoms with Gasteiger partial charge in [0.25, 0.3) is 0 Å². The molecule has 0 aliphatic heterocycles. The molecule has 0 N–H and O–H groups in total. The van der Waals surface area contributed by atoms with E-state index in [1.807, 2.05) is 30.5 Å². The van der Waals surface area contributed by atoms with Crippen molar-refractivity contribution in [3.8, 4) is 0 Å². The Morgan fingerprint density at radius 1 is 1.06 bits per heavy atom. The number of aryl methyl sites for hydroxylation is 1. The lowest BCUT2D eigenvalue weighted by Crippen LogP contribution is -1.83. The summed E-state index contributed by atoms with van der Waals surface area (Å²) in [4.78, 5) is 8.45. The second kappa shape index (κ2) is 6.16. The summed E-state index contributed by atoms with van der Waals surface area (Å²) in [6, 6.07) is 10.0. The van der Waals surface area contributed by atoms with E-state index in [-0.39, 0.29) is 12.4 Å². The number of pyridine rings is 1. The summed E-state index contributed by atoms with van der Waals surface area (Å²) in [5, 5.41) is 0. The predicted octanol–water partition coefficient (Wildman–Crippen LogP) is 3.87. The van der Waals surface area contributed by atoms with E-state index in [2.05, 4.69) is 29.9 Å². The number of rotatable bonds is 2. The van der Waals surface area contributed by atoms with E-state index in [0.717, 1.165) is 11.3 Å². The third-order valence-corrected chi connectivity index (χ3v) is 2.63. The lowest BCUT2D eigenvalue weighted by Gasteiger charge is -2.02. The lowest BCUT2D eigenvalue weighted by atomic mass is 10.1. The van der Waals surface area contributed by atoms with Crippen molar-refractivity contribution in [2.75, 3.05) is 0 Å². The lowest BCUT2D eigenvalue weighted by molar-refractivity contribution is 1.31. The third-order valence-electron chi connectivity index (χ3n) is 2.63. The second-order valence-electron chi connectivity index (χ2n) is 3.76. The molecular weight excluding hydrogens is 232 g/mol. The van der Waals surface area contributed by atoms with Gasteiger partial charge < -0.3 is 0 Å². The zero-order valence-corrected chi connectivity index (χ0v) is 10.7. The topological polar surface area (TPSA) is 25.2 Å². The second-order valence-corrected chi connectivity index (χ2v) is 3.76. The molecule has 2 aromatic rings. The van der Waals surface area contributed by atoms with Crippen LogP contribution in [0.15, 0.2) is 47.7 Å². The Labute approximate surface area is 108 Å². The first-order valence-electron chi connectivity index (χ1n) is 5.27. The molecule has 1 aromatic heterocycles. The maximum absolute atomic E-state index is 4.48. The molecule has 0 fully saturated rings. The molecule has 88 valence electrons. The molecule has 17 heavy (non-hydrogen) atoms. The number of nitrogens with zero attached hydrogens (tertiary/aromatic N) is 2. The van der Waals surface area contributed by atoms with E-state index < -0.39 is 0 Å². The molecule has 0 amide bonds. The van der Waals surface area contributed by atoms with E-state index >= 15 is 0 Å². The number of hydrogen-bond acceptors (Lipinski definition) is 2. The molecule has 1 heterocycles. The summed E-state index contributed by atoms with van der Waals surface area (Å²) in [5.41, 5.74) is 4.59. The maximum atomic E-state index is 4.48. The Bertz CT molecular complexity index is 507. The minimum Gasteiger partial charge on any atom is -0.265 e. The molecular formula is C14H15ClN2. The summed E-state index contributed by atoms with van der Waals surface area (Å²) in [5.74, 6) is 0. The predicted molar refractivity (Wildman–Crippen MR) is 74.7 cm³/mol. The van der Waals surface area contributed by atoms with Crippen molar-refractivity contribution in [3.05, 3.63) is 59.4 Å². The molecule has 0 radical (unpaired) electrons. The fourth-order valence-electron chi connectivity index (χ4n) is 1.47. The van der Waals surface area contributed by atoms with Gasteiger partial charge in [0, 0.05) is 18.6 Å². The molecule has 0 aliphatic carbocycles. The average Bonchev–Trinajstić information content (AvgIpc) is 2.32. The van der Waals surface area contributed by atoms with Gasteiger partial charge in [-0.3, -0.25) is 9.98 Å². The average molecular weight is 247 g/mol. The van der Waals surface area contributed by atoms with Crippen molar-refractivity contribution in [1.82, 2.24) is 4.98 Å². The standard InChI is InChI=1S/C14H14N2.ClH/c1-11-4-3-5-14(12(11)2)16-10-13-6-8-15-9-7-13;/h3-10H,1-2H3;1H. The van der Waals surface area contributed by atoms with Crippen molar-refractivity contribution in [3.63, 3.8) is 0 Å². The van der Waals surface area contributed by atoms with Crippen molar-refractivity contribution < 1.29 is 0 Å². The van der Waals surface area contributed by atoms with E-state index in [4.69, 9.17) is 0 Å². The van der Waals surface area contributed by atoms with E-state index in [0.29, 0.717) is 0 Å². The van der Waals surface area contributed by atoms with Crippen LogP contribution in [0.2, 0.25) is 0 Å². The molecule has 0 saturated heterocycles. The van der Waals surface area contributed by atoms with Crippen LogP contribution in [0.4, 0.5) is 5.69 Å². The van der Waals surface area contributed by atoms with Gasteiger partial charge in [-0.25, -0.2) is 0 Å². The molecule has 0 saturated carbocycles. The van der Waals surface area contributed by atoms with Crippen LogP contribution in [0, 0.1) is 13.8 Å². The van der Waals surface area contributed by atoms with Gasteiger partial charge in [0.1, 0.15) is 0 Å². The Morgan fingerprint density at radius 3 is 2.47 bits per heavy atom. The summed E-state index contributed by atoms with van der Waals surface area (Å²) >= 11 is 0. The van der Waals surface area contributed by atoms with Crippen LogP contribution in [-0.2, 0) is 0 Å². The number of halogens is 1. The highest BCUT2D eigenvalue weighted by Crippen LogP contribution is 2.20. The highest BCUT2D eigenvalue weighted by Gasteiger charge is 1.97. The molecule has 1 aromatic carbocycles. The van der Waals surface area contributed by atoms with Crippen LogP contribution < -0.4 is 0 Å². The molecule has 0 aliphatic rings. The van der Waals surface area contributed by atoms with Crippen molar-refractivity contribution in [2.24, 2.45) is 4.99 Å². The van der Waals surface area contributed by atoms with Crippen LogP contribution in [0.3, 0.4) is 0 Å². The van der Waals surface area contributed by atoms with Gasteiger partial charge in [-0.15, -0.1) is 12.4 Å². The third kappa shape index (κ3) is 3.40. The normalized spacial score (nSPS) is 10.2. The molecule has 0 atom stereocenters. The molecule has 2 rings (SSSR count). The van der Waals surface area contributed by atoms with Gasteiger partial charge in [0.2, 0.25) is 0 Å². The van der Waals surface area contributed by atoms with Crippen molar-refractivity contribution >= 4 is 24.3 Å². The minimum atomic E-state index is 0. The number of benzene rings is 1. The number of aromatic nitrogens is 1. The Morgan fingerprint density at radius 2 is 1.76 bits per heavy atom. The summed E-state index contributed by atoms with van der Waals surface area (Å²) in [6.45, 7) is 4.19. The minimum absolute atomic E-state index is 0. The highest BCUT2D eigenvalue weighted by atomic mass is 35.5. The SMILES string of the molecule is Cc1cccc(N=Cc2ccncc2)c1C.Cl. The van der Waals surface area contributed by atoms with Gasteiger partial charge in [0.05, 0.1) is 5.69 Å². The van der Waals surface area contributed by atoms with Gasteiger partial charge in [0.15, 0.2) is 0 Å². The number of aliphatic imine (C=N–C) groups is 1. The summed E-state index contributed by atoms with van der Waals surface area (Å²) in [6.07, 6.45) is 5.40. The van der Waals surface area contributed by atoms with Gasteiger partial charge >= 0.3 is 0 Å². The zero-order chi connectivity index (χ0) is 11.4. The van der Waals surface area contributed by atoms with Gasteiger partial charge in [-0.05, 0) is 48.7 Å². The van der Waals surface area contributed by atoms with Gasteiger partial charge in [-0.2, -0.15) is 0 Å². The molecule has 0 spiro atoms. The first-order chi connectivity index (χ1) is 7.77. The quantitative estimate of drug-likeness (QED) is 0.739. The van der Waals surface area contributed by atoms with Crippen LogP contribution in [0.5, 0.6) is 0 Å². The Kier molecular flexibility index (Phi) is 4.85. The van der Waals surface area contributed by atoms with Gasteiger partial charge in [-0.1, -0.05) is 12.1 Å². The number of hydrogen-bond donors (Lipinski definition) is 0. The zero-order valence-electron chi connectivity index (χ0n) is 9.92. The molecule has 2 nitrogen and oxygen atoms in total. The maximum Gasteiger partial charge on any atom is 0.0661 e.